The molecule has 1 saturated heterocycles. The van der Waals surface area contributed by atoms with E-state index in [1.165, 1.54) is 6.33 Å². The van der Waals surface area contributed by atoms with Crippen LogP contribution in [0.5, 0.6) is 5.75 Å². The number of carbonyl (C=O) groups excluding carboxylic acids is 3. The van der Waals surface area contributed by atoms with Crippen LogP contribution < -0.4 is 10.1 Å². The number of para-hydroxylation sites is 1. The summed E-state index contributed by atoms with van der Waals surface area (Å²) in [5.74, 6) is 0.194. The fourth-order valence-electron chi connectivity index (χ4n) is 6.14. The van der Waals surface area contributed by atoms with E-state index in [0.717, 1.165) is 22.0 Å². The molecule has 0 saturated carbocycles. The Kier molecular flexibility index (Phi) is 8.67. The maximum absolute atomic E-state index is 13.5. The lowest BCUT2D eigenvalue weighted by Gasteiger charge is -2.24. The molecule has 11 nitrogen and oxygen atoms in total. The van der Waals surface area contributed by atoms with Crippen LogP contribution >= 0.6 is 0 Å². The Hall–Kier alpha value is -4.67. The summed E-state index contributed by atoms with van der Waals surface area (Å²) in [5, 5.41) is 8.24. The summed E-state index contributed by atoms with van der Waals surface area (Å²) in [6.45, 7) is 3.25. The first-order valence-electron chi connectivity index (χ1n) is 15.0. The van der Waals surface area contributed by atoms with Gasteiger partial charge in [-0.2, -0.15) is 5.10 Å². The molecule has 43 heavy (non-hydrogen) atoms. The van der Waals surface area contributed by atoms with Gasteiger partial charge in [-0.25, -0.2) is 4.98 Å². The van der Waals surface area contributed by atoms with E-state index in [9.17, 15) is 14.4 Å². The number of rotatable bonds is 6. The third-order valence-corrected chi connectivity index (χ3v) is 8.44. The van der Waals surface area contributed by atoms with Crippen molar-refractivity contribution in [2.45, 2.75) is 38.1 Å². The minimum atomic E-state index is -0.364. The highest BCUT2D eigenvalue weighted by atomic mass is 16.5. The van der Waals surface area contributed by atoms with Crippen LogP contribution in [0.1, 0.15) is 36.3 Å². The molecule has 0 unspecified atom stereocenters. The van der Waals surface area contributed by atoms with E-state index in [4.69, 9.17) is 4.74 Å². The van der Waals surface area contributed by atoms with E-state index >= 15 is 0 Å². The van der Waals surface area contributed by atoms with Gasteiger partial charge in [0, 0.05) is 62.2 Å². The molecular formula is C32H37N7O4. The molecule has 2 aromatic heterocycles. The number of carbonyl (C=O) groups is 3. The number of ether oxygens (including phenoxy) is 1. The summed E-state index contributed by atoms with van der Waals surface area (Å²) in [6.07, 6.45) is 6.97. The van der Waals surface area contributed by atoms with Gasteiger partial charge in [-0.3, -0.25) is 19.1 Å². The standard InChI is InChI=1S/C32H37N7O4/c40-30(10-4-13-39-22-33-21-36-39)38-19-27-23-6-3-7-25(16-23)43-15-14-37(12-5-11-34-32(42)28(27)20-38)31(41)17-24-18-35-29-9-2-1-8-26(24)29/h1-3,6-9,16,18,21-22,27-28,35H,4-5,10-15,17,19-20H2,(H,34,42)/t27-,28+/m1/s1. The second-order valence-electron chi connectivity index (χ2n) is 11.3. The molecule has 6 rings (SSSR count). The second kappa shape index (κ2) is 13.1. The van der Waals surface area contributed by atoms with Crippen LogP contribution in [-0.4, -0.2) is 86.6 Å². The van der Waals surface area contributed by atoms with Gasteiger partial charge in [-0.05, 0) is 42.2 Å². The third-order valence-electron chi connectivity index (χ3n) is 8.44. The van der Waals surface area contributed by atoms with Crippen LogP contribution in [0.2, 0.25) is 0 Å². The zero-order valence-corrected chi connectivity index (χ0v) is 24.2. The van der Waals surface area contributed by atoms with Crippen LogP contribution in [0.25, 0.3) is 10.9 Å². The van der Waals surface area contributed by atoms with Crippen molar-refractivity contribution in [3.8, 4) is 5.75 Å². The molecule has 2 aromatic carbocycles. The number of aryl methyl sites for hydroxylation is 1. The Balaban J connectivity index is 1.12. The monoisotopic (exact) mass is 583 g/mol. The predicted octanol–water partition coefficient (Wildman–Crippen LogP) is 2.75. The van der Waals surface area contributed by atoms with Crippen molar-refractivity contribution >= 4 is 28.6 Å². The zero-order valence-electron chi connectivity index (χ0n) is 24.2. The number of H-pyrrole nitrogens is 1. The van der Waals surface area contributed by atoms with Crippen LogP contribution in [0.15, 0.2) is 67.4 Å². The van der Waals surface area contributed by atoms with Gasteiger partial charge in [0.15, 0.2) is 0 Å². The number of likely N-dealkylation sites (tertiary alicyclic amines) is 1. The van der Waals surface area contributed by atoms with Gasteiger partial charge in [0.1, 0.15) is 25.0 Å². The average Bonchev–Trinajstić information content (AvgIpc) is 3.79. The van der Waals surface area contributed by atoms with Crippen molar-refractivity contribution in [3.05, 3.63) is 78.5 Å². The summed E-state index contributed by atoms with van der Waals surface area (Å²) < 4.78 is 7.83. The van der Waals surface area contributed by atoms with Crippen LogP contribution in [0, 0.1) is 5.92 Å². The summed E-state index contributed by atoms with van der Waals surface area (Å²) in [6, 6.07) is 15.7. The molecule has 2 aliphatic rings. The Morgan fingerprint density at radius 2 is 1.88 bits per heavy atom. The molecule has 224 valence electrons. The first kappa shape index (κ1) is 28.4. The number of aromatic nitrogens is 4. The molecule has 3 amide bonds. The zero-order chi connectivity index (χ0) is 29.6. The van der Waals surface area contributed by atoms with Crippen molar-refractivity contribution in [1.29, 1.82) is 0 Å². The minimum absolute atomic E-state index is 0.0226. The van der Waals surface area contributed by atoms with E-state index < -0.39 is 0 Å². The molecule has 4 aromatic rings. The number of nitrogens with one attached hydrogen (secondary N) is 2. The van der Waals surface area contributed by atoms with Crippen molar-refractivity contribution in [2.75, 3.05) is 39.3 Å². The van der Waals surface area contributed by atoms with Gasteiger partial charge in [0.2, 0.25) is 17.7 Å². The average molecular weight is 584 g/mol. The van der Waals surface area contributed by atoms with E-state index in [-0.39, 0.29) is 36.0 Å². The highest BCUT2D eigenvalue weighted by molar-refractivity contribution is 5.89. The molecule has 1 fully saturated rings. The van der Waals surface area contributed by atoms with Crippen molar-refractivity contribution in [3.63, 3.8) is 0 Å². The highest BCUT2D eigenvalue weighted by Crippen LogP contribution is 2.35. The van der Waals surface area contributed by atoms with Crippen LogP contribution in [0.4, 0.5) is 0 Å². The molecule has 2 atom stereocenters. The van der Waals surface area contributed by atoms with Crippen molar-refractivity contribution in [2.24, 2.45) is 5.92 Å². The van der Waals surface area contributed by atoms with Crippen molar-refractivity contribution in [1.82, 2.24) is 34.9 Å². The first-order valence-corrected chi connectivity index (χ1v) is 15.0. The lowest BCUT2D eigenvalue weighted by molar-refractivity contribution is -0.131. The largest absolute Gasteiger partial charge is 0.492 e. The van der Waals surface area contributed by atoms with Crippen LogP contribution in [-0.2, 0) is 27.3 Å². The van der Waals surface area contributed by atoms with Gasteiger partial charge in [-0.1, -0.05) is 30.3 Å². The number of hydrogen-bond acceptors (Lipinski definition) is 6. The third kappa shape index (κ3) is 6.71. The van der Waals surface area contributed by atoms with Gasteiger partial charge in [0.25, 0.3) is 0 Å². The number of hydrogen-bond donors (Lipinski definition) is 2. The number of amides is 3. The Bertz CT molecular complexity index is 1570. The summed E-state index contributed by atoms with van der Waals surface area (Å²) in [5.41, 5.74) is 2.95. The molecule has 11 heteroatoms. The fourth-order valence-corrected chi connectivity index (χ4v) is 6.14. The fraction of sp³-hybridized carbons (Fsp3) is 0.406. The van der Waals surface area contributed by atoms with Crippen LogP contribution in [0.3, 0.4) is 0 Å². The molecule has 0 radical (unpaired) electrons. The maximum atomic E-state index is 13.5. The Morgan fingerprint density at radius 3 is 2.77 bits per heavy atom. The maximum Gasteiger partial charge on any atom is 0.227 e. The number of fused-ring (bicyclic) bond motifs is 5. The van der Waals surface area contributed by atoms with Gasteiger partial charge in [0.05, 0.1) is 18.9 Å². The van der Waals surface area contributed by atoms with E-state index in [2.05, 4.69) is 20.4 Å². The number of benzene rings is 2. The topological polar surface area (TPSA) is 125 Å². The molecule has 0 aliphatic carbocycles. The summed E-state index contributed by atoms with van der Waals surface area (Å²) >= 11 is 0. The lowest BCUT2D eigenvalue weighted by atomic mass is 9.88. The number of aromatic amines is 1. The molecule has 2 N–H and O–H groups in total. The highest BCUT2D eigenvalue weighted by Gasteiger charge is 2.40. The first-order chi connectivity index (χ1) is 21.0. The van der Waals surface area contributed by atoms with Gasteiger partial charge in [-0.15, -0.1) is 0 Å². The minimum Gasteiger partial charge on any atom is -0.492 e. The van der Waals surface area contributed by atoms with Crippen molar-refractivity contribution < 1.29 is 19.1 Å². The Morgan fingerprint density at radius 1 is 1.00 bits per heavy atom. The quantitative estimate of drug-likeness (QED) is 0.360. The van der Waals surface area contributed by atoms with E-state index in [0.29, 0.717) is 70.9 Å². The summed E-state index contributed by atoms with van der Waals surface area (Å²) in [4.78, 5) is 50.8. The van der Waals surface area contributed by atoms with E-state index in [1.807, 2.05) is 64.5 Å². The predicted molar refractivity (Wildman–Crippen MR) is 160 cm³/mol. The van der Waals surface area contributed by atoms with E-state index in [1.54, 1.807) is 11.0 Å². The lowest BCUT2D eigenvalue weighted by Crippen LogP contribution is -2.40. The molecule has 4 heterocycles. The molecule has 2 bridgehead atoms. The SMILES string of the molecule is O=C1NCCCN(C(=O)Cc2c[nH]c3ccccc23)CCOc2cccc(c2)[C@H]2CN(C(=O)CCCn3cncn3)C[C@H]12. The molecule has 2 aliphatic heterocycles. The molecular weight excluding hydrogens is 546 g/mol. The second-order valence-corrected chi connectivity index (χ2v) is 11.3. The Labute approximate surface area is 250 Å². The van der Waals surface area contributed by atoms with Gasteiger partial charge < -0.3 is 24.8 Å². The van der Waals surface area contributed by atoms with Gasteiger partial charge >= 0.3 is 0 Å². The summed E-state index contributed by atoms with van der Waals surface area (Å²) in [7, 11) is 0. The smallest absolute Gasteiger partial charge is 0.227 e. The number of nitrogens with zero attached hydrogens (tertiary/aromatic N) is 5. The normalized spacial score (nSPS) is 19.4. The molecule has 0 spiro atoms.